The molecule has 46 heavy (non-hydrogen) atoms. The molecule has 244 valence electrons. The molecule has 2 amide bonds. The number of aryl methyl sites for hydroxylation is 1. The van der Waals surface area contributed by atoms with Crippen LogP contribution in [-0.2, 0) is 36.4 Å². The third kappa shape index (κ3) is 8.68. The van der Waals surface area contributed by atoms with Gasteiger partial charge in [-0.1, -0.05) is 48.5 Å². The largest absolute Gasteiger partial charge is 0.416 e. The Labute approximate surface area is 262 Å². The van der Waals surface area contributed by atoms with Gasteiger partial charge in [0.1, 0.15) is 0 Å². The van der Waals surface area contributed by atoms with Crippen molar-refractivity contribution < 1.29 is 35.9 Å². The lowest BCUT2D eigenvalue weighted by atomic mass is 9.91. The Kier molecular flexibility index (Phi) is 10.0. The number of fused-ring (bicyclic) bond motifs is 1. The number of benzene rings is 3. The van der Waals surface area contributed by atoms with Gasteiger partial charge in [-0.05, 0) is 72.6 Å². The zero-order chi connectivity index (χ0) is 32.9. The Hall–Kier alpha value is -4.32. The number of urea groups is 1. The van der Waals surface area contributed by atoms with E-state index in [9.17, 15) is 35.9 Å². The van der Waals surface area contributed by atoms with Crippen LogP contribution in [-0.4, -0.2) is 40.9 Å². The van der Waals surface area contributed by atoms with E-state index in [1.54, 1.807) is 11.2 Å². The number of nitrogens with one attached hydrogen (secondary N) is 3. The third-order valence-electron chi connectivity index (χ3n) is 8.34. The zero-order valence-electron chi connectivity index (χ0n) is 24.8. The number of carbonyl (C=O) groups excluding carboxylic acids is 2. The predicted molar refractivity (Wildman–Crippen MR) is 162 cm³/mol. The molecule has 1 unspecified atom stereocenters. The van der Waals surface area contributed by atoms with Crippen LogP contribution in [0.2, 0.25) is 0 Å². The lowest BCUT2D eigenvalue weighted by Gasteiger charge is -2.32. The van der Waals surface area contributed by atoms with Gasteiger partial charge in [0.15, 0.2) is 5.78 Å². The number of nitrogens with zero attached hydrogens (tertiary/aromatic N) is 1. The number of hydrazine groups is 1. The summed E-state index contributed by atoms with van der Waals surface area (Å²) in [6.45, 7) is 1.23. The molecule has 0 radical (unpaired) electrons. The summed E-state index contributed by atoms with van der Waals surface area (Å²) in [6.07, 6.45) is -6.27. The molecule has 1 aliphatic rings. The minimum atomic E-state index is -4.99. The fourth-order valence-corrected chi connectivity index (χ4v) is 5.90. The number of para-hydroxylation sites is 1. The molecule has 2 heterocycles. The Morgan fingerprint density at radius 3 is 2.13 bits per heavy atom. The Bertz CT molecular complexity index is 1610. The summed E-state index contributed by atoms with van der Waals surface area (Å²) in [5.41, 5.74) is 2.45. The number of rotatable bonds is 10. The van der Waals surface area contributed by atoms with Crippen LogP contribution in [0.15, 0.2) is 79.0 Å². The highest BCUT2D eigenvalue weighted by Gasteiger charge is 2.37. The molecular formula is C34H34F6N4O2. The quantitative estimate of drug-likeness (QED) is 0.157. The van der Waals surface area contributed by atoms with Crippen molar-refractivity contribution in [2.45, 2.75) is 56.9 Å². The van der Waals surface area contributed by atoms with E-state index in [1.165, 1.54) is 5.56 Å². The Morgan fingerprint density at radius 2 is 1.48 bits per heavy atom. The van der Waals surface area contributed by atoms with Gasteiger partial charge in [0.05, 0.1) is 17.2 Å². The molecule has 1 atom stereocenters. The average molecular weight is 645 g/mol. The molecule has 0 spiro atoms. The van der Waals surface area contributed by atoms with Crippen LogP contribution < -0.4 is 10.7 Å². The second-order valence-corrected chi connectivity index (χ2v) is 11.7. The molecule has 0 saturated carbocycles. The van der Waals surface area contributed by atoms with E-state index in [4.69, 9.17) is 0 Å². The number of aromatic nitrogens is 1. The van der Waals surface area contributed by atoms with Gasteiger partial charge in [0.2, 0.25) is 0 Å². The first-order valence-electron chi connectivity index (χ1n) is 15.1. The lowest BCUT2D eigenvalue weighted by Crippen LogP contribution is -2.54. The summed E-state index contributed by atoms with van der Waals surface area (Å²) in [5.74, 6) is -0.0543. The van der Waals surface area contributed by atoms with Gasteiger partial charge in [0, 0.05) is 43.0 Å². The average Bonchev–Trinajstić information content (AvgIpc) is 3.42. The highest BCUT2D eigenvalue weighted by molar-refractivity contribution is 5.90. The van der Waals surface area contributed by atoms with Gasteiger partial charge in [-0.15, -0.1) is 0 Å². The van der Waals surface area contributed by atoms with Gasteiger partial charge in [-0.2, -0.15) is 26.3 Å². The van der Waals surface area contributed by atoms with E-state index in [-0.39, 0.29) is 30.9 Å². The number of ketones is 1. The van der Waals surface area contributed by atoms with Crippen LogP contribution in [0.4, 0.5) is 31.1 Å². The zero-order valence-corrected chi connectivity index (χ0v) is 24.8. The minimum absolute atomic E-state index is 0.0570. The highest BCUT2D eigenvalue weighted by atomic mass is 19.4. The van der Waals surface area contributed by atoms with Crippen LogP contribution in [0.25, 0.3) is 10.9 Å². The highest BCUT2D eigenvalue weighted by Crippen LogP contribution is 2.36. The molecule has 0 aliphatic carbocycles. The summed E-state index contributed by atoms with van der Waals surface area (Å²) >= 11 is 0. The van der Waals surface area contributed by atoms with E-state index in [0.717, 1.165) is 35.7 Å². The summed E-state index contributed by atoms with van der Waals surface area (Å²) in [7, 11) is 0. The first-order chi connectivity index (χ1) is 21.8. The number of H-pyrrole nitrogens is 1. The van der Waals surface area contributed by atoms with Crippen molar-refractivity contribution in [3.05, 3.63) is 107 Å². The molecule has 1 aromatic heterocycles. The summed E-state index contributed by atoms with van der Waals surface area (Å²) in [4.78, 5) is 29.7. The topological polar surface area (TPSA) is 77.2 Å². The van der Waals surface area contributed by atoms with Crippen LogP contribution in [0, 0.1) is 5.92 Å². The summed E-state index contributed by atoms with van der Waals surface area (Å²) < 4.78 is 80.2. The molecule has 5 rings (SSSR count). The van der Waals surface area contributed by atoms with Gasteiger partial charge >= 0.3 is 18.4 Å². The Morgan fingerprint density at radius 1 is 0.848 bits per heavy atom. The number of alkyl halides is 6. The van der Waals surface area contributed by atoms with Crippen molar-refractivity contribution in [3.8, 4) is 0 Å². The number of Topliss-reactive ketones (excluding diaryl/α,β-unsaturated/α-hetero) is 1. The van der Waals surface area contributed by atoms with E-state index in [2.05, 4.69) is 27.9 Å². The summed E-state index contributed by atoms with van der Waals surface area (Å²) in [5, 5.41) is 5.32. The van der Waals surface area contributed by atoms with Crippen LogP contribution in [0.5, 0.6) is 0 Å². The van der Waals surface area contributed by atoms with Crippen LogP contribution in [0.1, 0.15) is 47.1 Å². The molecule has 1 fully saturated rings. The smallest absolute Gasteiger partial charge is 0.361 e. The third-order valence-corrected chi connectivity index (χ3v) is 8.34. The first-order valence-corrected chi connectivity index (χ1v) is 15.1. The van der Waals surface area contributed by atoms with E-state index >= 15 is 0 Å². The second kappa shape index (κ2) is 14.0. The standard InChI is InChI=1S/C34H34F6N4O2/c35-33(36,37)26-17-24(18-27(20-26)34(38,39)40)10-11-31(45)30(19-25-21-41-29-9-5-4-8-28(25)29)42-32(46)43-44-14-12-23(13-15-44)16-22-6-2-1-3-7-22/h1-9,17-18,20-21,23,30,41H,10-16,19H2,(H2,42,43,46). The van der Waals surface area contributed by atoms with E-state index in [1.807, 2.05) is 42.5 Å². The number of hydrogen-bond acceptors (Lipinski definition) is 3. The second-order valence-electron chi connectivity index (χ2n) is 11.7. The first kappa shape index (κ1) is 33.1. The predicted octanol–water partition coefficient (Wildman–Crippen LogP) is 7.49. The number of halogens is 6. The number of carbonyl (C=O) groups is 2. The molecule has 3 N–H and O–H groups in total. The maximum absolute atomic E-state index is 13.5. The maximum atomic E-state index is 13.5. The number of hydrogen-bond donors (Lipinski definition) is 3. The van der Waals surface area contributed by atoms with Crippen molar-refractivity contribution in [3.63, 3.8) is 0 Å². The number of piperidine rings is 1. The maximum Gasteiger partial charge on any atom is 0.416 e. The van der Waals surface area contributed by atoms with Gasteiger partial charge in [-0.25, -0.2) is 9.80 Å². The van der Waals surface area contributed by atoms with Crippen LogP contribution in [0.3, 0.4) is 0 Å². The van der Waals surface area contributed by atoms with E-state index in [0.29, 0.717) is 31.1 Å². The molecule has 1 saturated heterocycles. The monoisotopic (exact) mass is 644 g/mol. The van der Waals surface area contributed by atoms with Crippen molar-refractivity contribution in [1.82, 2.24) is 20.7 Å². The molecule has 4 aromatic rings. The fourth-order valence-electron chi connectivity index (χ4n) is 5.90. The molecule has 12 heteroatoms. The van der Waals surface area contributed by atoms with Crippen molar-refractivity contribution in [1.29, 1.82) is 0 Å². The normalized spacial score (nSPS) is 15.5. The summed E-state index contributed by atoms with van der Waals surface area (Å²) in [6, 6.07) is 17.1. The number of amides is 2. The molecule has 1 aliphatic heterocycles. The van der Waals surface area contributed by atoms with Crippen LogP contribution >= 0.6 is 0 Å². The van der Waals surface area contributed by atoms with Crippen molar-refractivity contribution >= 4 is 22.7 Å². The fraction of sp³-hybridized carbons (Fsp3) is 0.353. The van der Waals surface area contributed by atoms with Gasteiger partial charge in [-0.3, -0.25) is 10.2 Å². The molecule has 3 aromatic carbocycles. The van der Waals surface area contributed by atoms with E-state index < -0.39 is 41.3 Å². The minimum Gasteiger partial charge on any atom is -0.361 e. The molecule has 6 nitrogen and oxygen atoms in total. The Balaban J connectivity index is 1.26. The molecule has 0 bridgehead atoms. The van der Waals surface area contributed by atoms with Crippen molar-refractivity contribution in [2.75, 3.05) is 13.1 Å². The SMILES string of the molecule is O=C(NC(Cc1c[nH]c2ccccc12)C(=O)CCc1cc(C(F)(F)F)cc(C(F)(F)F)c1)NN1CCC(Cc2ccccc2)CC1. The number of aromatic amines is 1. The van der Waals surface area contributed by atoms with Gasteiger partial charge < -0.3 is 10.3 Å². The van der Waals surface area contributed by atoms with Gasteiger partial charge in [0.25, 0.3) is 0 Å². The lowest BCUT2D eigenvalue weighted by molar-refractivity contribution is -0.143. The van der Waals surface area contributed by atoms with Crippen molar-refractivity contribution in [2.24, 2.45) is 5.92 Å². The molecular weight excluding hydrogens is 610 g/mol.